The molecule has 0 atom stereocenters. The Morgan fingerprint density at radius 3 is 2.60 bits per heavy atom. The van der Waals surface area contributed by atoms with Crippen LogP contribution in [-0.4, -0.2) is 34.3 Å². The monoisotopic (exact) mass is 205 g/mol. The Bertz CT molecular complexity index is 339. The van der Waals surface area contributed by atoms with Crippen molar-refractivity contribution in [3.63, 3.8) is 0 Å². The topological polar surface area (TPSA) is 21.1 Å². The Balaban J connectivity index is 2.33. The molecule has 0 spiro atoms. The average Bonchev–Trinajstić information content (AvgIpc) is 2.65. The van der Waals surface area contributed by atoms with E-state index < -0.39 is 0 Å². The lowest BCUT2D eigenvalue weighted by atomic mass is 10.4. The highest BCUT2D eigenvalue weighted by molar-refractivity contribution is 5.03. The molecule has 0 saturated heterocycles. The predicted molar refractivity (Wildman–Crippen MR) is 62.5 cm³/mol. The summed E-state index contributed by atoms with van der Waals surface area (Å²) < 4.78 is 1.87. The Morgan fingerprint density at radius 1 is 1.33 bits per heavy atom. The maximum atomic E-state index is 4.27. The fourth-order valence-corrected chi connectivity index (χ4v) is 1.30. The molecule has 15 heavy (non-hydrogen) atoms. The second kappa shape index (κ2) is 6.26. The lowest BCUT2D eigenvalue weighted by molar-refractivity contribution is 0.342. The molecule has 1 heterocycles. The van der Waals surface area contributed by atoms with E-state index in [9.17, 15) is 0 Å². The van der Waals surface area contributed by atoms with Crippen LogP contribution in [0.1, 0.15) is 19.5 Å². The molecule has 0 saturated carbocycles. The molecule has 3 heteroatoms. The first kappa shape index (κ1) is 11.8. The summed E-state index contributed by atoms with van der Waals surface area (Å²) in [5, 5.41) is 4.27. The number of aromatic nitrogens is 2. The zero-order valence-corrected chi connectivity index (χ0v) is 9.82. The number of hydrogen-bond acceptors (Lipinski definition) is 2. The van der Waals surface area contributed by atoms with Gasteiger partial charge < -0.3 is 0 Å². The standard InChI is InChI=1S/C12H19N3/c1-4-14(5-2)9-6-7-10-15-11-8-12(3)13-15/h8,11H,4-5,9-10H2,1-3H3. The lowest BCUT2D eigenvalue weighted by Crippen LogP contribution is -2.22. The van der Waals surface area contributed by atoms with E-state index in [0.29, 0.717) is 6.54 Å². The highest BCUT2D eigenvalue weighted by Crippen LogP contribution is 1.91. The summed E-state index contributed by atoms with van der Waals surface area (Å²) in [6.07, 6.45) is 1.96. The van der Waals surface area contributed by atoms with Gasteiger partial charge in [-0.2, -0.15) is 5.10 Å². The summed E-state index contributed by atoms with van der Waals surface area (Å²) in [4.78, 5) is 2.29. The van der Waals surface area contributed by atoms with Gasteiger partial charge in [-0.1, -0.05) is 25.7 Å². The molecule has 1 aromatic heterocycles. The first-order valence-corrected chi connectivity index (χ1v) is 5.44. The number of aryl methyl sites for hydroxylation is 1. The molecule has 0 aromatic carbocycles. The molecule has 3 nitrogen and oxygen atoms in total. The van der Waals surface area contributed by atoms with Crippen molar-refractivity contribution in [3.05, 3.63) is 18.0 Å². The Morgan fingerprint density at radius 2 is 2.07 bits per heavy atom. The van der Waals surface area contributed by atoms with Crippen molar-refractivity contribution in [1.29, 1.82) is 0 Å². The van der Waals surface area contributed by atoms with Crippen LogP contribution in [0.4, 0.5) is 0 Å². The molecular formula is C12H19N3. The molecule has 0 N–H and O–H groups in total. The summed E-state index contributed by atoms with van der Waals surface area (Å²) in [5.74, 6) is 6.28. The van der Waals surface area contributed by atoms with Gasteiger partial charge in [-0.25, -0.2) is 0 Å². The molecule has 1 rings (SSSR count). The average molecular weight is 205 g/mol. The van der Waals surface area contributed by atoms with Gasteiger partial charge in [-0.05, 0) is 26.1 Å². The second-order valence-electron chi connectivity index (χ2n) is 3.47. The molecule has 0 aliphatic rings. The van der Waals surface area contributed by atoms with Crippen LogP contribution >= 0.6 is 0 Å². The quantitative estimate of drug-likeness (QED) is 0.695. The Labute approximate surface area is 92.1 Å². The van der Waals surface area contributed by atoms with Crippen LogP contribution in [0.2, 0.25) is 0 Å². The number of rotatable bonds is 4. The van der Waals surface area contributed by atoms with Gasteiger partial charge in [0, 0.05) is 6.20 Å². The minimum absolute atomic E-state index is 0.690. The molecule has 1 aromatic rings. The summed E-state index contributed by atoms with van der Waals surface area (Å²) in [7, 11) is 0. The van der Waals surface area contributed by atoms with Crippen molar-refractivity contribution in [1.82, 2.24) is 14.7 Å². The van der Waals surface area contributed by atoms with E-state index in [4.69, 9.17) is 0 Å². The van der Waals surface area contributed by atoms with Crippen molar-refractivity contribution in [2.24, 2.45) is 0 Å². The molecule has 0 bridgehead atoms. The lowest BCUT2D eigenvalue weighted by Gasteiger charge is -2.13. The zero-order chi connectivity index (χ0) is 11.1. The SMILES string of the molecule is CCN(CC)CC#CCn1ccc(C)n1. The highest BCUT2D eigenvalue weighted by Gasteiger charge is 1.93. The summed E-state index contributed by atoms with van der Waals surface area (Å²) in [6.45, 7) is 9.96. The van der Waals surface area contributed by atoms with Crippen molar-refractivity contribution in [2.75, 3.05) is 19.6 Å². The van der Waals surface area contributed by atoms with E-state index in [1.54, 1.807) is 0 Å². The minimum Gasteiger partial charge on any atom is -0.293 e. The molecule has 82 valence electrons. The maximum Gasteiger partial charge on any atom is 0.102 e. The van der Waals surface area contributed by atoms with Gasteiger partial charge in [0.05, 0.1) is 12.2 Å². The van der Waals surface area contributed by atoms with E-state index in [-0.39, 0.29) is 0 Å². The molecule has 0 amide bonds. The van der Waals surface area contributed by atoms with Crippen LogP contribution in [0.25, 0.3) is 0 Å². The van der Waals surface area contributed by atoms with Crippen LogP contribution in [0.3, 0.4) is 0 Å². The zero-order valence-electron chi connectivity index (χ0n) is 9.82. The minimum atomic E-state index is 0.690. The normalized spacial score (nSPS) is 10.1. The van der Waals surface area contributed by atoms with Gasteiger partial charge in [-0.15, -0.1) is 0 Å². The first-order valence-electron chi connectivity index (χ1n) is 5.44. The molecule has 0 fully saturated rings. The third-order valence-corrected chi connectivity index (χ3v) is 2.34. The van der Waals surface area contributed by atoms with Crippen LogP contribution in [-0.2, 0) is 6.54 Å². The summed E-state index contributed by atoms with van der Waals surface area (Å²) in [6, 6.07) is 1.99. The van der Waals surface area contributed by atoms with Gasteiger partial charge in [0.15, 0.2) is 0 Å². The van der Waals surface area contributed by atoms with E-state index in [0.717, 1.165) is 25.3 Å². The van der Waals surface area contributed by atoms with Crippen LogP contribution in [0.15, 0.2) is 12.3 Å². The fraction of sp³-hybridized carbons (Fsp3) is 0.583. The molecular weight excluding hydrogens is 186 g/mol. The number of hydrogen-bond donors (Lipinski definition) is 0. The van der Waals surface area contributed by atoms with Gasteiger partial charge in [-0.3, -0.25) is 9.58 Å². The van der Waals surface area contributed by atoms with Crippen molar-refractivity contribution in [3.8, 4) is 11.8 Å². The van der Waals surface area contributed by atoms with Crippen LogP contribution < -0.4 is 0 Å². The van der Waals surface area contributed by atoms with Crippen molar-refractivity contribution >= 4 is 0 Å². The van der Waals surface area contributed by atoms with E-state index in [2.05, 4.69) is 35.7 Å². The third kappa shape index (κ3) is 4.18. The van der Waals surface area contributed by atoms with Gasteiger partial charge >= 0.3 is 0 Å². The highest BCUT2D eigenvalue weighted by atomic mass is 15.3. The second-order valence-corrected chi connectivity index (χ2v) is 3.47. The molecule has 0 aliphatic heterocycles. The van der Waals surface area contributed by atoms with E-state index >= 15 is 0 Å². The molecule has 0 aliphatic carbocycles. The summed E-state index contributed by atoms with van der Waals surface area (Å²) in [5.41, 5.74) is 1.04. The Kier molecular flexibility index (Phi) is 4.92. The summed E-state index contributed by atoms with van der Waals surface area (Å²) >= 11 is 0. The van der Waals surface area contributed by atoms with Crippen LogP contribution in [0, 0.1) is 18.8 Å². The van der Waals surface area contributed by atoms with Crippen molar-refractivity contribution < 1.29 is 0 Å². The first-order chi connectivity index (χ1) is 7.26. The predicted octanol–water partition coefficient (Wildman–Crippen LogP) is 1.54. The Hall–Kier alpha value is -1.27. The maximum absolute atomic E-state index is 4.27. The molecule has 0 radical (unpaired) electrons. The molecule has 0 unspecified atom stereocenters. The van der Waals surface area contributed by atoms with E-state index in [1.807, 2.05) is 23.9 Å². The van der Waals surface area contributed by atoms with Gasteiger partial charge in [0.2, 0.25) is 0 Å². The van der Waals surface area contributed by atoms with Gasteiger partial charge in [0.1, 0.15) is 6.54 Å². The third-order valence-electron chi connectivity index (χ3n) is 2.34. The van der Waals surface area contributed by atoms with E-state index in [1.165, 1.54) is 0 Å². The smallest absolute Gasteiger partial charge is 0.102 e. The number of nitrogens with zero attached hydrogens (tertiary/aromatic N) is 3. The van der Waals surface area contributed by atoms with Crippen LogP contribution in [0.5, 0.6) is 0 Å². The van der Waals surface area contributed by atoms with Crippen molar-refractivity contribution in [2.45, 2.75) is 27.3 Å². The largest absolute Gasteiger partial charge is 0.293 e. The van der Waals surface area contributed by atoms with Gasteiger partial charge in [0.25, 0.3) is 0 Å². The fourth-order valence-electron chi connectivity index (χ4n) is 1.30.